The molecule has 0 saturated heterocycles. The molecule has 0 fully saturated rings. The lowest BCUT2D eigenvalue weighted by Crippen LogP contribution is -2.41. The molecule has 1 aliphatic heterocycles. The molecule has 1 aromatic heterocycles. The van der Waals surface area contributed by atoms with Crippen LogP contribution < -0.4 is 15.5 Å². The Morgan fingerprint density at radius 3 is 2.49 bits per heavy atom. The molecule has 2 heterocycles. The first-order valence-electron chi connectivity index (χ1n) is 11.7. The molecule has 5 rings (SSSR count). The first-order chi connectivity index (χ1) is 17.2. The van der Waals surface area contributed by atoms with E-state index in [4.69, 9.17) is 4.74 Å². The van der Waals surface area contributed by atoms with Crippen molar-refractivity contribution in [3.63, 3.8) is 0 Å². The molecule has 0 spiro atoms. The van der Waals surface area contributed by atoms with Gasteiger partial charge in [0.25, 0.3) is 0 Å². The third-order valence-corrected chi connectivity index (χ3v) is 7.15. The van der Waals surface area contributed by atoms with E-state index >= 15 is 0 Å². The Morgan fingerprint density at radius 2 is 1.74 bits per heavy atom. The van der Waals surface area contributed by atoms with E-state index in [0.717, 1.165) is 34.5 Å². The summed E-state index contributed by atoms with van der Waals surface area (Å²) in [4.78, 5) is 13.6. The fourth-order valence-electron chi connectivity index (χ4n) is 4.17. The van der Waals surface area contributed by atoms with Gasteiger partial charge in [-0.25, -0.2) is 4.68 Å². The highest BCUT2D eigenvalue weighted by Gasteiger charge is 2.38. The third kappa shape index (κ3) is 4.74. The van der Waals surface area contributed by atoms with Gasteiger partial charge in [0.05, 0.1) is 12.6 Å². The molecule has 1 aliphatic rings. The van der Waals surface area contributed by atoms with Gasteiger partial charge in [-0.1, -0.05) is 79.3 Å². The number of hydrogen-bond acceptors (Lipinski definition) is 6. The first-order valence-corrected chi connectivity index (χ1v) is 12.6. The van der Waals surface area contributed by atoms with Gasteiger partial charge in [0.2, 0.25) is 11.1 Å². The number of nitrogens with one attached hydrogen (secondary N) is 2. The van der Waals surface area contributed by atoms with Crippen LogP contribution in [-0.2, 0) is 11.2 Å². The smallest absolute Gasteiger partial charge is 0.240 e. The molecule has 0 aliphatic carbocycles. The van der Waals surface area contributed by atoms with Gasteiger partial charge in [0, 0.05) is 11.3 Å². The molecular weight excluding hydrogens is 458 g/mol. The Labute approximate surface area is 208 Å². The molecule has 0 saturated carbocycles. The van der Waals surface area contributed by atoms with Crippen molar-refractivity contribution in [3.05, 3.63) is 90.0 Å². The van der Waals surface area contributed by atoms with Crippen molar-refractivity contribution in [1.82, 2.24) is 14.9 Å². The largest absolute Gasteiger partial charge is 0.494 e. The summed E-state index contributed by atoms with van der Waals surface area (Å²) in [6.07, 6.45) is 0.837. The van der Waals surface area contributed by atoms with Crippen LogP contribution in [-0.4, -0.2) is 32.6 Å². The second kappa shape index (κ2) is 10.2. The summed E-state index contributed by atoms with van der Waals surface area (Å²) >= 11 is 1.41. The van der Waals surface area contributed by atoms with E-state index in [1.807, 2.05) is 90.5 Å². The fraction of sp³-hybridized carbons (Fsp3) is 0.222. The second-order valence-corrected chi connectivity index (χ2v) is 9.26. The Kier molecular flexibility index (Phi) is 6.72. The van der Waals surface area contributed by atoms with E-state index in [1.165, 1.54) is 11.8 Å². The third-order valence-electron chi connectivity index (χ3n) is 5.93. The van der Waals surface area contributed by atoms with Crippen LogP contribution in [0.2, 0.25) is 0 Å². The van der Waals surface area contributed by atoms with Gasteiger partial charge in [-0.3, -0.25) is 4.79 Å². The average molecular weight is 486 g/mol. The lowest BCUT2D eigenvalue weighted by atomic mass is 10.0. The number of nitrogens with zero attached hydrogens (tertiary/aromatic N) is 3. The summed E-state index contributed by atoms with van der Waals surface area (Å²) in [5.74, 6) is 1.42. The maximum atomic E-state index is 13.6. The van der Waals surface area contributed by atoms with Crippen molar-refractivity contribution in [2.75, 3.05) is 17.3 Å². The van der Waals surface area contributed by atoms with E-state index in [2.05, 4.69) is 27.9 Å². The predicted octanol–water partition coefficient (Wildman–Crippen LogP) is 5.30. The van der Waals surface area contributed by atoms with Crippen molar-refractivity contribution in [1.29, 1.82) is 0 Å². The molecular formula is C27H27N5O2S. The molecule has 0 bridgehead atoms. The quantitative estimate of drug-likeness (QED) is 0.370. The molecule has 8 heteroatoms. The van der Waals surface area contributed by atoms with Crippen LogP contribution in [0.25, 0.3) is 11.4 Å². The number of benzene rings is 3. The molecule has 178 valence electrons. The van der Waals surface area contributed by atoms with Gasteiger partial charge in [0.15, 0.2) is 5.82 Å². The summed E-state index contributed by atoms with van der Waals surface area (Å²) < 4.78 is 7.50. The minimum Gasteiger partial charge on any atom is -0.494 e. The fourth-order valence-corrected chi connectivity index (χ4v) is 5.25. The number of fused-ring (bicyclic) bond motifs is 1. The molecule has 3 aromatic carbocycles. The predicted molar refractivity (Wildman–Crippen MR) is 139 cm³/mol. The number of hydrogen-bond donors (Lipinski definition) is 2. The monoisotopic (exact) mass is 485 g/mol. The van der Waals surface area contributed by atoms with Crippen molar-refractivity contribution in [2.45, 2.75) is 36.7 Å². The van der Waals surface area contributed by atoms with Crippen molar-refractivity contribution < 1.29 is 9.53 Å². The summed E-state index contributed by atoms with van der Waals surface area (Å²) in [5, 5.41) is 12.1. The zero-order valence-corrected chi connectivity index (χ0v) is 20.5. The number of rotatable bonds is 7. The number of ether oxygens (including phenoxy) is 1. The van der Waals surface area contributed by atoms with Gasteiger partial charge >= 0.3 is 0 Å². The lowest BCUT2D eigenvalue weighted by Gasteiger charge is -2.33. The summed E-state index contributed by atoms with van der Waals surface area (Å²) in [6.45, 7) is 4.64. The molecule has 2 atom stereocenters. The van der Waals surface area contributed by atoms with Crippen molar-refractivity contribution >= 4 is 23.4 Å². The number of aryl methyl sites for hydroxylation is 1. The molecule has 1 amide bonds. The first kappa shape index (κ1) is 23.0. The lowest BCUT2D eigenvalue weighted by molar-refractivity contribution is -0.116. The molecule has 7 nitrogen and oxygen atoms in total. The van der Waals surface area contributed by atoms with E-state index < -0.39 is 5.25 Å². The van der Waals surface area contributed by atoms with Crippen LogP contribution in [0.3, 0.4) is 0 Å². The van der Waals surface area contributed by atoms with Gasteiger partial charge in [0.1, 0.15) is 11.0 Å². The summed E-state index contributed by atoms with van der Waals surface area (Å²) in [7, 11) is 0. The van der Waals surface area contributed by atoms with E-state index in [9.17, 15) is 4.79 Å². The minimum absolute atomic E-state index is 0.0854. The second-order valence-electron chi connectivity index (χ2n) is 8.15. The van der Waals surface area contributed by atoms with Gasteiger partial charge in [-0.15, -0.1) is 10.2 Å². The number of amides is 1. The SMILES string of the molecule is CCOc1ccc([C@@H]2Nn3c(nnc3-c3ccccc3)S[C@@H]2C(=O)Nc2ccccc2CC)cc1. The summed E-state index contributed by atoms with van der Waals surface area (Å²) in [6, 6.07) is 25.4. The average Bonchev–Trinajstić information content (AvgIpc) is 3.32. The molecule has 35 heavy (non-hydrogen) atoms. The standard InChI is InChI=1S/C27H27N5O2S/c1-3-18-10-8-9-13-22(18)28-26(33)24-23(19-14-16-21(17-15-19)34-4-2)31-32-25(29-30-27(32)35-24)20-11-6-5-7-12-20/h5-17,23-24,31H,3-4H2,1-2H3,(H,28,33)/t23-,24-/m0/s1. The number of carbonyl (C=O) groups is 1. The highest BCUT2D eigenvalue weighted by atomic mass is 32.2. The van der Waals surface area contributed by atoms with Crippen LogP contribution in [0.5, 0.6) is 5.75 Å². The van der Waals surface area contributed by atoms with Gasteiger partial charge in [-0.2, -0.15) is 0 Å². The van der Waals surface area contributed by atoms with Crippen molar-refractivity contribution in [2.24, 2.45) is 0 Å². The van der Waals surface area contributed by atoms with E-state index in [0.29, 0.717) is 17.6 Å². The van der Waals surface area contributed by atoms with Crippen LogP contribution in [0.1, 0.15) is 31.0 Å². The van der Waals surface area contributed by atoms with Crippen LogP contribution in [0.15, 0.2) is 84.0 Å². The number of carbonyl (C=O) groups excluding carboxylic acids is 1. The van der Waals surface area contributed by atoms with Crippen molar-refractivity contribution in [3.8, 4) is 17.1 Å². The van der Waals surface area contributed by atoms with Gasteiger partial charge in [-0.05, 0) is 42.7 Å². The van der Waals surface area contributed by atoms with E-state index in [1.54, 1.807) is 0 Å². The highest BCUT2D eigenvalue weighted by Crippen LogP contribution is 2.39. The Bertz CT molecular complexity index is 1310. The van der Waals surface area contributed by atoms with E-state index in [-0.39, 0.29) is 11.9 Å². The number of anilines is 1. The molecule has 4 aromatic rings. The topological polar surface area (TPSA) is 81.1 Å². The Morgan fingerprint density at radius 1 is 1.00 bits per heavy atom. The molecule has 0 radical (unpaired) electrons. The normalized spacial score (nSPS) is 16.7. The number of para-hydroxylation sites is 1. The van der Waals surface area contributed by atoms with Crippen LogP contribution in [0, 0.1) is 0 Å². The maximum Gasteiger partial charge on any atom is 0.240 e. The maximum absolute atomic E-state index is 13.6. The Hall–Kier alpha value is -3.78. The van der Waals surface area contributed by atoms with Crippen LogP contribution >= 0.6 is 11.8 Å². The summed E-state index contributed by atoms with van der Waals surface area (Å²) in [5.41, 5.74) is 7.39. The number of aromatic nitrogens is 3. The zero-order chi connectivity index (χ0) is 24.2. The Balaban J connectivity index is 1.50. The van der Waals surface area contributed by atoms with Gasteiger partial charge < -0.3 is 15.5 Å². The molecule has 2 N–H and O–H groups in total. The van der Waals surface area contributed by atoms with Crippen LogP contribution in [0.4, 0.5) is 5.69 Å². The zero-order valence-electron chi connectivity index (χ0n) is 19.6. The number of thioether (sulfide) groups is 1. The molecule has 0 unspecified atom stereocenters. The highest BCUT2D eigenvalue weighted by molar-refractivity contribution is 8.00. The minimum atomic E-state index is -0.460.